The standard InChI is InChI=1S/C14H16BrClFNO/c15-8-14(5-1-2-6-14)9-18-13(19)11-4-3-10(16)7-12(11)17/h3-4,7H,1-2,5-6,8-9H2,(H,18,19). The van der Waals surface area contributed by atoms with Crippen molar-refractivity contribution in [3.63, 3.8) is 0 Å². The number of carbonyl (C=O) groups excluding carboxylic acids is 1. The third-order valence-electron chi connectivity index (χ3n) is 3.75. The SMILES string of the molecule is O=C(NCC1(CBr)CCCC1)c1ccc(Cl)cc1F. The van der Waals surface area contributed by atoms with Gasteiger partial charge in [-0.1, -0.05) is 40.4 Å². The lowest BCUT2D eigenvalue weighted by atomic mass is 9.89. The predicted octanol–water partition coefficient (Wildman–Crippen LogP) is 4.16. The number of amides is 1. The van der Waals surface area contributed by atoms with Gasteiger partial charge in [-0.2, -0.15) is 0 Å². The Kier molecular flexibility index (Phi) is 4.85. The lowest BCUT2D eigenvalue weighted by Gasteiger charge is -2.26. The minimum atomic E-state index is -0.579. The molecule has 1 saturated carbocycles. The molecule has 0 heterocycles. The highest BCUT2D eigenvalue weighted by atomic mass is 79.9. The molecule has 1 N–H and O–H groups in total. The molecule has 19 heavy (non-hydrogen) atoms. The van der Waals surface area contributed by atoms with Crippen LogP contribution in [0.5, 0.6) is 0 Å². The molecule has 1 aliphatic rings. The Morgan fingerprint density at radius 3 is 2.68 bits per heavy atom. The summed E-state index contributed by atoms with van der Waals surface area (Å²) in [5.41, 5.74) is 0.172. The fraction of sp³-hybridized carbons (Fsp3) is 0.500. The molecule has 2 nitrogen and oxygen atoms in total. The molecule has 1 aromatic carbocycles. The van der Waals surface area contributed by atoms with Crippen molar-refractivity contribution in [1.29, 1.82) is 0 Å². The average Bonchev–Trinajstić information content (AvgIpc) is 2.85. The van der Waals surface area contributed by atoms with Crippen molar-refractivity contribution in [3.8, 4) is 0 Å². The van der Waals surface area contributed by atoms with Crippen molar-refractivity contribution < 1.29 is 9.18 Å². The molecule has 5 heteroatoms. The van der Waals surface area contributed by atoms with E-state index in [-0.39, 0.29) is 16.9 Å². The highest BCUT2D eigenvalue weighted by Gasteiger charge is 2.33. The first kappa shape index (κ1) is 14.8. The van der Waals surface area contributed by atoms with Gasteiger partial charge in [0.05, 0.1) is 5.56 Å². The number of halogens is 3. The van der Waals surface area contributed by atoms with Gasteiger partial charge in [0.1, 0.15) is 5.82 Å². The summed E-state index contributed by atoms with van der Waals surface area (Å²) in [5, 5.41) is 4.00. The third kappa shape index (κ3) is 3.48. The number of rotatable bonds is 4. The van der Waals surface area contributed by atoms with Gasteiger partial charge in [-0.25, -0.2) is 4.39 Å². The van der Waals surface area contributed by atoms with Gasteiger partial charge in [0.25, 0.3) is 5.91 Å². The maximum absolute atomic E-state index is 13.6. The van der Waals surface area contributed by atoms with Crippen molar-refractivity contribution in [2.45, 2.75) is 25.7 Å². The quantitative estimate of drug-likeness (QED) is 0.813. The van der Waals surface area contributed by atoms with Crippen LogP contribution in [0, 0.1) is 11.2 Å². The van der Waals surface area contributed by atoms with Gasteiger partial charge in [0.2, 0.25) is 0 Å². The van der Waals surface area contributed by atoms with E-state index in [1.807, 2.05) is 0 Å². The van der Waals surface area contributed by atoms with E-state index >= 15 is 0 Å². The zero-order valence-electron chi connectivity index (χ0n) is 10.5. The molecule has 0 atom stereocenters. The van der Waals surface area contributed by atoms with Crippen molar-refractivity contribution in [1.82, 2.24) is 5.32 Å². The normalized spacial score (nSPS) is 17.4. The molecule has 0 aliphatic heterocycles. The summed E-state index contributed by atoms with van der Waals surface area (Å²) in [7, 11) is 0. The van der Waals surface area contributed by atoms with Gasteiger partial charge in [-0.05, 0) is 36.5 Å². The molecule has 104 valence electrons. The fourth-order valence-electron chi connectivity index (χ4n) is 2.52. The molecule has 1 aliphatic carbocycles. The smallest absolute Gasteiger partial charge is 0.254 e. The second kappa shape index (κ2) is 6.23. The van der Waals surface area contributed by atoms with E-state index in [1.54, 1.807) is 0 Å². The summed E-state index contributed by atoms with van der Waals surface area (Å²) >= 11 is 9.19. The van der Waals surface area contributed by atoms with Gasteiger partial charge in [-0.3, -0.25) is 4.79 Å². The number of nitrogens with one attached hydrogen (secondary N) is 1. The van der Waals surface area contributed by atoms with Gasteiger partial charge in [-0.15, -0.1) is 0 Å². The molecule has 1 fully saturated rings. The van der Waals surface area contributed by atoms with Crippen LogP contribution >= 0.6 is 27.5 Å². The third-order valence-corrected chi connectivity index (χ3v) is 5.17. The van der Waals surface area contributed by atoms with Crippen molar-refractivity contribution in [2.75, 3.05) is 11.9 Å². The van der Waals surface area contributed by atoms with Gasteiger partial charge in [0.15, 0.2) is 0 Å². The van der Waals surface area contributed by atoms with E-state index in [4.69, 9.17) is 11.6 Å². The molecule has 0 spiro atoms. The first-order chi connectivity index (χ1) is 9.06. The van der Waals surface area contributed by atoms with Gasteiger partial charge < -0.3 is 5.32 Å². The van der Waals surface area contributed by atoms with Crippen LogP contribution in [0.1, 0.15) is 36.0 Å². The van der Waals surface area contributed by atoms with Crippen LogP contribution in [0.4, 0.5) is 4.39 Å². The fourth-order valence-corrected chi connectivity index (χ4v) is 3.44. The van der Waals surface area contributed by atoms with Crippen LogP contribution in [-0.4, -0.2) is 17.8 Å². The molecule has 0 unspecified atom stereocenters. The Morgan fingerprint density at radius 1 is 1.42 bits per heavy atom. The summed E-state index contributed by atoms with van der Waals surface area (Å²) in [6.07, 6.45) is 4.58. The largest absolute Gasteiger partial charge is 0.351 e. The Balaban J connectivity index is 2.01. The Labute approximate surface area is 125 Å². The van der Waals surface area contributed by atoms with Crippen molar-refractivity contribution >= 4 is 33.4 Å². The highest BCUT2D eigenvalue weighted by Crippen LogP contribution is 2.39. The molecule has 0 saturated heterocycles. The Morgan fingerprint density at radius 2 is 2.11 bits per heavy atom. The summed E-state index contributed by atoms with van der Waals surface area (Å²) in [6, 6.07) is 4.10. The number of benzene rings is 1. The zero-order valence-corrected chi connectivity index (χ0v) is 12.9. The second-order valence-electron chi connectivity index (χ2n) is 5.15. The molecule has 0 bridgehead atoms. The summed E-state index contributed by atoms with van der Waals surface area (Å²) < 4.78 is 13.6. The van der Waals surface area contributed by atoms with E-state index < -0.39 is 5.82 Å². The van der Waals surface area contributed by atoms with Crippen LogP contribution in [0.2, 0.25) is 5.02 Å². The van der Waals surface area contributed by atoms with Crippen LogP contribution < -0.4 is 5.32 Å². The maximum Gasteiger partial charge on any atom is 0.254 e. The van der Waals surface area contributed by atoms with Crippen LogP contribution in [-0.2, 0) is 0 Å². The minimum absolute atomic E-state index is 0.0483. The van der Waals surface area contributed by atoms with Gasteiger partial charge >= 0.3 is 0 Å². The first-order valence-electron chi connectivity index (χ1n) is 6.36. The molecule has 1 aromatic rings. The number of hydrogen-bond donors (Lipinski definition) is 1. The molecule has 1 amide bonds. The van der Waals surface area contributed by atoms with Crippen LogP contribution in [0.3, 0.4) is 0 Å². The highest BCUT2D eigenvalue weighted by molar-refractivity contribution is 9.09. The van der Waals surface area contributed by atoms with E-state index in [9.17, 15) is 9.18 Å². The average molecular weight is 349 g/mol. The zero-order chi connectivity index (χ0) is 13.9. The topological polar surface area (TPSA) is 29.1 Å². The maximum atomic E-state index is 13.6. The number of hydrogen-bond acceptors (Lipinski definition) is 1. The van der Waals surface area contributed by atoms with Crippen molar-refractivity contribution in [3.05, 3.63) is 34.6 Å². The number of carbonyl (C=O) groups is 1. The van der Waals surface area contributed by atoms with E-state index in [1.165, 1.54) is 25.0 Å². The van der Waals surface area contributed by atoms with Gasteiger partial charge in [0, 0.05) is 16.9 Å². The molecular weight excluding hydrogens is 333 g/mol. The minimum Gasteiger partial charge on any atom is -0.351 e. The van der Waals surface area contributed by atoms with E-state index in [2.05, 4.69) is 21.2 Å². The predicted molar refractivity (Wildman–Crippen MR) is 78.4 cm³/mol. The summed E-state index contributed by atoms with van der Waals surface area (Å²) in [4.78, 5) is 12.0. The Bertz CT molecular complexity index is 475. The lowest BCUT2D eigenvalue weighted by Crippen LogP contribution is -2.37. The van der Waals surface area contributed by atoms with Crippen LogP contribution in [0.15, 0.2) is 18.2 Å². The summed E-state index contributed by atoms with van der Waals surface area (Å²) in [5.74, 6) is -0.953. The van der Waals surface area contributed by atoms with Crippen LogP contribution in [0.25, 0.3) is 0 Å². The summed E-state index contributed by atoms with van der Waals surface area (Å²) in [6.45, 7) is 0.582. The molecule has 2 rings (SSSR count). The van der Waals surface area contributed by atoms with E-state index in [0.717, 1.165) is 24.2 Å². The molecule has 0 radical (unpaired) electrons. The Hall–Kier alpha value is -0.610. The second-order valence-corrected chi connectivity index (χ2v) is 6.14. The lowest BCUT2D eigenvalue weighted by molar-refractivity contribution is 0.0931. The monoisotopic (exact) mass is 347 g/mol. The first-order valence-corrected chi connectivity index (χ1v) is 7.85. The number of alkyl halides is 1. The van der Waals surface area contributed by atoms with E-state index in [0.29, 0.717) is 11.6 Å². The molecule has 0 aromatic heterocycles. The van der Waals surface area contributed by atoms with Crippen molar-refractivity contribution in [2.24, 2.45) is 5.41 Å². The molecular formula is C14H16BrClFNO.